The number of thiocarbonyl (C=S) groups is 1. The SMILES string of the molecule is CN(C)Cn1c(O)c(N=NC(=S)Nc2nc(-c3ccc(Cl)cc3)cs2)c2ccccc21. The Morgan fingerprint density at radius 1 is 1.23 bits per heavy atom. The van der Waals surface area contributed by atoms with Crippen LogP contribution in [-0.2, 0) is 6.67 Å². The minimum Gasteiger partial charge on any atom is -0.493 e. The van der Waals surface area contributed by atoms with Crippen LogP contribution in [0.15, 0.2) is 64.1 Å². The maximum Gasteiger partial charge on any atom is 0.221 e. The second-order valence-electron chi connectivity index (χ2n) is 7.01. The highest BCUT2D eigenvalue weighted by Crippen LogP contribution is 2.38. The van der Waals surface area contributed by atoms with Crippen molar-refractivity contribution in [3.05, 3.63) is 58.9 Å². The molecule has 0 aliphatic heterocycles. The molecule has 10 heteroatoms. The average Bonchev–Trinajstić information content (AvgIpc) is 3.30. The first-order chi connectivity index (χ1) is 14.9. The predicted molar refractivity (Wildman–Crippen MR) is 131 cm³/mol. The van der Waals surface area contributed by atoms with Crippen LogP contribution in [0.1, 0.15) is 0 Å². The van der Waals surface area contributed by atoms with E-state index in [0.29, 0.717) is 22.5 Å². The minimum atomic E-state index is 0.0423. The van der Waals surface area contributed by atoms with Crippen LogP contribution in [0.2, 0.25) is 5.02 Å². The first-order valence-corrected chi connectivity index (χ1v) is 11.0. The summed E-state index contributed by atoms with van der Waals surface area (Å²) in [7, 11) is 3.86. The number of thiazole rings is 1. The van der Waals surface area contributed by atoms with Gasteiger partial charge < -0.3 is 10.4 Å². The number of fused-ring (bicyclic) bond motifs is 1. The third-order valence-corrected chi connectivity index (χ3v) is 5.63. The summed E-state index contributed by atoms with van der Waals surface area (Å²) in [5.41, 5.74) is 3.02. The van der Waals surface area contributed by atoms with Crippen LogP contribution < -0.4 is 5.32 Å². The van der Waals surface area contributed by atoms with Crippen molar-refractivity contribution < 1.29 is 5.11 Å². The smallest absolute Gasteiger partial charge is 0.221 e. The normalized spacial score (nSPS) is 11.6. The minimum absolute atomic E-state index is 0.0423. The molecule has 31 heavy (non-hydrogen) atoms. The van der Waals surface area contributed by atoms with Gasteiger partial charge in [-0.3, -0.25) is 9.47 Å². The van der Waals surface area contributed by atoms with Gasteiger partial charge in [-0.15, -0.1) is 21.6 Å². The summed E-state index contributed by atoms with van der Waals surface area (Å²) in [5, 5.41) is 26.2. The van der Waals surface area contributed by atoms with E-state index in [2.05, 4.69) is 20.5 Å². The van der Waals surface area contributed by atoms with E-state index in [4.69, 9.17) is 23.8 Å². The summed E-state index contributed by atoms with van der Waals surface area (Å²) in [6.45, 7) is 0.511. The van der Waals surface area contributed by atoms with E-state index in [1.165, 1.54) is 11.3 Å². The number of rotatable bonds is 5. The number of nitrogens with one attached hydrogen (secondary N) is 1. The first-order valence-electron chi connectivity index (χ1n) is 9.31. The fourth-order valence-corrected chi connectivity index (χ4v) is 4.14. The third kappa shape index (κ3) is 4.75. The first kappa shape index (κ1) is 21.4. The number of azo groups is 1. The van der Waals surface area contributed by atoms with Crippen LogP contribution in [0.5, 0.6) is 5.88 Å². The lowest BCUT2D eigenvalue weighted by atomic mass is 10.2. The molecule has 0 amide bonds. The lowest BCUT2D eigenvalue weighted by molar-refractivity contribution is 0.304. The summed E-state index contributed by atoms with van der Waals surface area (Å²) in [6.07, 6.45) is 0. The zero-order valence-corrected chi connectivity index (χ0v) is 19.2. The molecule has 4 rings (SSSR count). The molecule has 2 aromatic heterocycles. The number of anilines is 1. The van der Waals surface area contributed by atoms with Crippen molar-refractivity contribution in [3.8, 4) is 17.1 Å². The second kappa shape index (κ2) is 9.11. The standard InChI is InChI=1S/C21H19ClN6OS2/c1-27(2)12-28-17-6-4-3-5-15(17)18(19(28)29)25-26-20(30)24-21-23-16(11-31-21)13-7-9-14(22)10-8-13/h3-11,29H,12H2,1-2H3,(H,23,24,30). The number of nitrogens with zero attached hydrogens (tertiary/aromatic N) is 5. The van der Waals surface area contributed by atoms with Gasteiger partial charge in [0.1, 0.15) is 0 Å². The largest absolute Gasteiger partial charge is 0.493 e. The van der Waals surface area contributed by atoms with Crippen LogP contribution in [0.25, 0.3) is 22.2 Å². The number of para-hydroxylation sites is 1. The van der Waals surface area contributed by atoms with Gasteiger partial charge in [-0.1, -0.05) is 41.9 Å². The summed E-state index contributed by atoms with van der Waals surface area (Å²) in [6, 6.07) is 15.1. The van der Waals surface area contributed by atoms with Gasteiger partial charge in [0.05, 0.1) is 17.9 Å². The van der Waals surface area contributed by atoms with Crippen LogP contribution in [0.3, 0.4) is 0 Å². The molecule has 0 radical (unpaired) electrons. The predicted octanol–water partition coefficient (Wildman–Crippen LogP) is 6.12. The average molecular weight is 471 g/mol. The highest BCUT2D eigenvalue weighted by Gasteiger charge is 2.17. The molecular weight excluding hydrogens is 452 g/mol. The monoisotopic (exact) mass is 470 g/mol. The van der Waals surface area contributed by atoms with E-state index in [1.54, 1.807) is 4.57 Å². The number of halogens is 1. The summed E-state index contributed by atoms with van der Waals surface area (Å²) < 4.78 is 1.78. The van der Waals surface area contributed by atoms with Crippen molar-refractivity contribution in [2.24, 2.45) is 10.2 Å². The summed E-state index contributed by atoms with van der Waals surface area (Å²) in [5.74, 6) is 0.0423. The van der Waals surface area contributed by atoms with Gasteiger partial charge in [0, 0.05) is 21.4 Å². The van der Waals surface area contributed by atoms with Gasteiger partial charge in [0.25, 0.3) is 0 Å². The number of aromatic nitrogens is 2. The van der Waals surface area contributed by atoms with Gasteiger partial charge in [-0.2, -0.15) is 0 Å². The lowest BCUT2D eigenvalue weighted by Gasteiger charge is -2.12. The zero-order chi connectivity index (χ0) is 22.0. The van der Waals surface area contributed by atoms with E-state index in [-0.39, 0.29) is 11.0 Å². The maximum atomic E-state index is 10.7. The van der Waals surface area contributed by atoms with Crippen LogP contribution in [0, 0.1) is 0 Å². The molecule has 4 aromatic rings. The van der Waals surface area contributed by atoms with Gasteiger partial charge in [0.15, 0.2) is 10.8 Å². The summed E-state index contributed by atoms with van der Waals surface area (Å²) >= 11 is 12.7. The second-order valence-corrected chi connectivity index (χ2v) is 8.69. The molecule has 0 fully saturated rings. The quantitative estimate of drug-likeness (QED) is 0.271. The Kier molecular flexibility index (Phi) is 6.28. The number of hydrogen-bond donors (Lipinski definition) is 2. The molecule has 0 atom stereocenters. The van der Waals surface area contributed by atoms with E-state index >= 15 is 0 Å². The maximum absolute atomic E-state index is 10.7. The van der Waals surface area contributed by atoms with Gasteiger partial charge >= 0.3 is 0 Å². The molecular formula is C21H19ClN6OS2. The van der Waals surface area contributed by atoms with E-state index < -0.39 is 0 Å². The van der Waals surface area contributed by atoms with Crippen molar-refractivity contribution in [2.75, 3.05) is 19.4 Å². The van der Waals surface area contributed by atoms with Crippen molar-refractivity contribution in [1.29, 1.82) is 0 Å². The molecule has 0 saturated carbocycles. The Hall–Kier alpha value is -2.85. The highest BCUT2D eigenvalue weighted by molar-refractivity contribution is 7.80. The highest BCUT2D eigenvalue weighted by atomic mass is 35.5. The van der Waals surface area contributed by atoms with Gasteiger partial charge in [-0.25, -0.2) is 4.98 Å². The van der Waals surface area contributed by atoms with Crippen LogP contribution >= 0.6 is 35.2 Å². The van der Waals surface area contributed by atoms with Gasteiger partial charge in [-0.05, 0) is 44.5 Å². The number of hydrogen-bond acceptors (Lipinski definition) is 6. The van der Waals surface area contributed by atoms with Crippen molar-refractivity contribution >= 4 is 62.0 Å². The molecule has 0 saturated heterocycles. The Balaban J connectivity index is 1.53. The topological polar surface area (TPSA) is 78.0 Å². The molecule has 0 aliphatic rings. The molecule has 7 nitrogen and oxygen atoms in total. The van der Waals surface area contributed by atoms with Gasteiger partial charge in [0.2, 0.25) is 11.0 Å². The molecule has 0 unspecified atom stereocenters. The fraction of sp³-hybridized carbons (Fsp3) is 0.143. The molecule has 2 aromatic carbocycles. The molecule has 158 valence electrons. The van der Waals surface area contributed by atoms with E-state index in [1.807, 2.05) is 72.9 Å². The summed E-state index contributed by atoms with van der Waals surface area (Å²) in [4.78, 5) is 6.48. The number of aromatic hydroxyl groups is 1. The van der Waals surface area contributed by atoms with E-state index in [9.17, 15) is 5.11 Å². The molecule has 0 spiro atoms. The van der Waals surface area contributed by atoms with E-state index in [0.717, 1.165) is 22.2 Å². The third-order valence-electron chi connectivity index (χ3n) is 4.44. The Bertz CT molecular complexity index is 1260. The molecule has 0 bridgehead atoms. The van der Waals surface area contributed by atoms with Crippen molar-refractivity contribution in [3.63, 3.8) is 0 Å². The van der Waals surface area contributed by atoms with Crippen LogP contribution in [-0.4, -0.2) is 38.8 Å². The Labute approximate surface area is 193 Å². The molecule has 0 aliphatic carbocycles. The van der Waals surface area contributed by atoms with Crippen LogP contribution in [0.4, 0.5) is 10.8 Å². The molecule has 2 heterocycles. The molecule has 2 N–H and O–H groups in total. The zero-order valence-electron chi connectivity index (χ0n) is 16.8. The van der Waals surface area contributed by atoms with Crippen molar-refractivity contribution in [1.82, 2.24) is 14.5 Å². The number of benzene rings is 2. The fourth-order valence-electron chi connectivity index (χ4n) is 3.09. The Morgan fingerprint density at radius 3 is 2.71 bits per heavy atom. The lowest BCUT2D eigenvalue weighted by Crippen LogP contribution is -2.16. The Morgan fingerprint density at radius 2 is 1.97 bits per heavy atom. The van der Waals surface area contributed by atoms with Crippen molar-refractivity contribution in [2.45, 2.75) is 6.67 Å².